The quantitative estimate of drug-likeness (QED) is 0.573. The molecule has 0 amide bonds. The highest BCUT2D eigenvalue weighted by atomic mass is 35.5. The fourth-order valence-electron chi connectivity index (χ4n) is 2.27. The molecule has 0 aliphatic rings. The number of nitrogens with zero attached hydrogens (tertiary/aromatic N) is 1. The molecule has 0 fully saturated rings. The van der Waals surface area contributed by atoms with Gasteiger partial charge in [-0.15, -0.1) is 0 Å². The Hall–Kier alpha value is -2.91. The molecule has 7 heteroatoms. The number of carbonyl (C=O) groups excluding carboxylic acids is 1. The molecule has 2 aromatic carbocycles. The molecule has 2 aromatic rings. The Kier molecular flexibility index (Phi) is 6.70. The van der Waals surface area contributed by atoms with E-state index in [4.69, 9.17) is 25.8 Å². The second-order valence-corrected chi connectivity index (χ2v) is 5.75. The molecule has 1 unspecified atom stereocenters. The summed E-state index contributed by atoms with van der Waals surface area (Å²) in [6, 6.07) is 11.3. The smallest absolute Gasteiger partial charge is 0.310 e. The largest absolute Gasteiger partial charge is 0.497 e. The van der Waals surface area contributed by atoms with Crippen LogP contribution in [0.2, 0.25) is 5.02 Å². The number of halogens is 1. The van der Waals surface area contributed by atoms with Crippen LogP contribution in [0.4, 0.5) is 5.69 Å². The van der Waals surface area contributed by atoms with Crippen LogP contribution in [0.25, 0.3) is 0 Å². The van der Waals surface area contributed by atoms with Crippen LogP contribution in [0.5, 0.6) is 17.2 Å². The van der Waals surface area contributed by atoms with Crippen molar-refractivity contribution >= 4 is 23.3 Å². The van der Waals surface area contributed by atoms with E-state index in [0.717, 1.165) is 0 Å². The van der Waals surface area contributed by atoms with Crippen molar-refractivity contribution in [2.75, 3.05) is 19.5 Å². The normalized spacial score (nSPS) is 11.2. The molecule has 1 N–H and O–H groups in total. The van der Waals surface area contributed by atoms with Gasteiger partial charge in [-0.1, -0.05) is 18.5 Å². The van der Waals surface area contributed by atoms with E-state index in [1.807, 2.05) is 0 Å². The van der Waals surface area contributed by atoms with Crippen molar-refractivity contribution in [2.24, 2.45) is 0 Å². The van der Waals surface area contributed by atoms with Gasteiger partial charge in [-0.25, -0.2) is 0 Å². The van der Waals surface area contributed by atoms with Crippen LogP contribution in [0.15, 0.2) is 36.4 Å². The molecule has 0 saturated heterocycles. The van der Waals surface area contributed by atoms with E-state index >= 15 is 0 Å². The van der Waals surface area contributed by atoms with E-state index < -0.39 is 12.0 Å². The van der Waals surface area contributed by atoms with E-state index in [-0.39, 0.29) is 12.2 Å². The minimum absolute atomic E-state index is 0.222. The summed E-state index contributed by atoms with van der Waals surface area (Å²) in [5.41, 5.74) is 1.07. The minimum Gasteiger partial charge on any atom is -0.497 e. The third kappa shape index (κ3) is 4.80. The lowest BCUT2D eigenvalue weighted by molar-refractivity contribution is -0.134. The summed E-state index contributed by atoms with van der Waals surface area (Å²) in [5, 5.41) is 13.2. The number of esters is 1. The molecule has 0 bridgehead atoms. The Bertz CT molecular complexity index is 811. The molecule has 2 rings (SSSR count). The van der Waals surface area contributed by atoms with Crippen LogP contribution >= 0.6 is 11.6 Å². The number of methoxy groups -OCH3 is 2. The first-order valence-corrected chi connectivity index (χ1v) is 8.27. The Balaban J connectivity index is 2.39. The Labute approximate surface area is 157 Å². The number of hydrogen-bond acceptors (Lipinski definition) is 6. The molecular weight excluding hydrogens is 356 g/mol. The van der Waals surface area contributed by atoms with Gasteiger partial charge in [-0.2, -0.15) is 5.26 Å². The van der Waals surface area contributed by atoms with Crippen LogP contribution in [-0.4, -0.2) is 20.2 Å². The molecule has 1 atom stereocenters. The second kappa shape index (κ2) is 8.97. The molecule has 0 saturated carbocycles. The summed E-state index contributed by atoms with van der Waals surface area (Å²) in [7, 11) is 3.08. The average Bonchev–Trinajstić information content (AvgIpc) is 2.66. The highest BCUT2D eigenvalue weighted by Gasteiger charge is 2.19. The lowest BCUT2D eigenvalue weighted by Crippen LogP contribution is -2.13. The van der Waals surface area contributed by atoms with Gasteiger partial charge in [0.15, 0.2) is 0 Å². The summed E-state index contributed by atoms with van der Waals surface area (Å²) in [4.78, 5) is 11.7. The van der Waals surface area contributed by atoms with Gasteiger partial charge >= 0.3 is 5.97 Å². The van der Waals surface area contributed by atoms with E-state index in [9.17, 15) is 10.1 Å². The predicted molar refractivity (Wildman–Crippen MR) is 98.9 cm³/mol. The standard InChI is InChI=1S/C19H19ClN2O4/c1-4-19(23)26-18-6-5-12(20)7-16(18)17(11-21)22-13-8-14(24-2)10-15(9-13)25-3/h5-10,17,22H,4H2,1-3H3. The average molecular weight is 375 g/mol. The number of nitrogens with one attached hydrogen (secondary N) is 1. The monoisotopic (exact) mass is 374 g/mol. The van der Waals surface area contributed by atoms with Crippen LogP contribution in [0, 0.1) is 11.3 Å². The highest BCUT2D eigenvalue weighted by molar-refractivity contribution is 6.30. The molecule has 6 nitrogen and oxygen atoms in total. The highest BCUT2D eigenvalue weighted by Crippen LogP contribution is 2.33. The second-order valence-electron chi connectivity index (χ2n) is 5.32. The maximum absolute atomic E-state index is 11.7. The van der Waals surface area contributed by atoms with Crippen molar-refractivity contribution in [1.82, 2.24) is 0 Å². The zero-order valence-electron chi connectivity index (χ0n) is 14.7. The molecule has 0 aromatic heterocycles. The molecule has 0 heterocycles. The van der Waals surface area contributed by atoms with Gasteiger partial charge in [0.05, 0.1) is 20.3 Å². The van der Waals surface area contributed by atoms with Gasteiger partial charge in [-0.05, 0) is 18.2 Å². The molecule has 136 valence electrons. The Morgan fingerprint density at radius 3 is 2.38 bits per heavy atom. The number of nitriles is 1. The zero-order valence-corrected chi connectivity index (χ0v) is 15.5. The first kappa shape index (κ1) is 19.4. The Morgan fingerprint density at radius 2 is 1.85 bits per heavy atom. The van der Waals surface area contributed by atoms with E-state index in [1.165, 1.54) is 0 Å². The number of benzene rings is 2. The van der Waals surface area contributed by atoms with Gasteiger partial charge in [0, 0.05) is 40.9 Å². The van der Waals surface area contributed by atoms with E-state index in [1.54, 1.807) is 57.5 Å². The lowest BCUT2D eigenvalue weighted by Gasteiger charge is -2.18. The molecule has 26 heavy (non-hydrogen) atoms. The zero-order chi connectivity index (χ0) is 19.1. The number of anilines is 1. The van der Waals surface area contributed by atoms with Crippen molar-refractivity contribution in [2.45, 2.75) is 19.4 Å². The molecule has 0 radical (unpaired) electrons. The lowest BCUT2D eigenvalue weighted by atomic mass is 10.1. The van der Waals surface area contributed by atoms with Crippen LogP contribution in [0.1, 0.15) is 24.9 Å². The first-order valence-electron chi connectivity index (χ1n) is 7.90. The van der Waals surface area contributed by atoms with Crippen molar-refractivity contribution in [3.8, 4) is 23.3 Å². The summed E-state index contributed by atoms with van der Waals surface area (Å²) in [5.74, 6) is 1.04. The first-order chi connectivity index (χ1) is 12.5. The number of hydrogen-bond donors (Lipinski definition) is 1. The van der Waals surface area contributed by atoms with Gasteiger partial charge < -0.3 is 19.5 Å². The van der Waals surface area contributed by atoms with Gasteiger partial charge in [-0.3, -0.25) is 4.79 Å². The summed E-state index contributed by atoms with van der Waals surface area (Å²) in [6.07, 6.45) is 0.222. The fraction of sp³-hybridized carbons (Fsp3) is 0.263. The van der Waals surface area contributed by atoms with Crippen molar-refractivity contribution in [3.63, 3.8) is 0 Å². The summed E-state index contributed by atoms with van der Waals surface area (Å²) in [6.45, 7) is 1.69. The topological polar surface area (TPSA) is 80.6 Å². The molecule has 0 spiro atoms. The molecule has 0 aliphatic carbocycles. The predicted octanol–water partition coefficient (Wildman–Crippen LogP) is 4.35. The van der Waals surface area contributed by atoms with E-state index in [2.05, 4.69) is 11.4 Å². The van der Waals surface area contributed by atoms with Crippen molar-refractivity contribution in [3.05, 3.63) is 47.0 Å². The van der Waals surface area contributed by atoms with Gasteiger partial charge in [0.25, 0.3) is 0 Å². The summed E-state index contributed by atoms with van der Waals surface area (Å²) < 4.78 is 15.8. The maximum atomic E-state index is 11.7. The van der Waals surface area contributed by atoms with Crippen LogP contribution in [0.3, 0.4) is 0 Å². The minimum atomic E-state index is -0.801. The third-order valence-electron chi connectivity index (χ3n) is 3.59. The maximum Gasteiger partial charge on any atom is 0.310 e. The molecule has 0 aliphatic heterocycles. The number of rotatable bonds is 7. The fourth-order valence-corrected chi connectivity index (χ4v) is 2.45. The van der Waals surface area contributed by atoms with Crippen LogP contribution in [-0.2, 0) is 4.79 Å². The van der Waals surface area contributed by atoms with Gasteiger partial charge in [0.2, 0.25) is 0 Å². The van der Waals surface area contributed by atoms with Crippen molar-refractivity contribution < 1.29 is 19.0 Å². The van der Waals surface area contributed by atoms with Crippen LogP contribution < -0.4 is 19.5 Å². The SMILES string of the molecule is CCC(=O)Oc1ccc(Cl)cc1C(C#N)Nc1cc(OC)cc(OC)c1. The van der Waals surface area contributed by atoms with E-state index in [0.29, 0.717) is 27.8 Å². The third-order valence-corrected chi connectivity index (χ3v) is 3.82. The number of ether oxygens (including phenoxy) is 3. The van der Waals surface area contributed by atoms with Gasteiger partial charge in [0.1, 0.15) is 23.3 Å². The van der Waals surface area contributed by atoms with Crippen molar-refractivity contribution in [1.29, 1.82) is 5.26 Å². The Morgan fingerprint density at radius 1 is 1.19 bits per heavy atom. The summed E-state index contributed by atoms with van der Waals surface area (Å²) >= 11 is 6.07. The number of carbonyl (C=O) groups is 1. The molecular formula is C19H19ClN2O4.